The molecule has 102 valence electrons. The molecule has 0 radical (unpaired) electrons. The standard InChI is InChI=1S/C14H22O4/c1-18-14(17)12-9-6-8-11(12)7-4-2-3-5-10-13(15)16/h2,4,11-12H,3,5-10H2,1H3,(H,15,16). The third kappa shape index (κ3) is 4.90. The maximum absolute atomic E-state index is 11.5. The molecule has 1 fully saturated rings. The van der Waals surface area contributed by atoms with Crippen LogP contribution in [0.1, 0.15) is 44.9 Å². The summed E-state index contributed by atoms with van der Waals surface area (Å²) in [5.74, 6) is -0.381. The smallest absolute Gasteiger partial charge is 0.308 e. The Labute approximate surface area is 108 Å². The van der Waals surface area contributed by atoms with Gasteiger partial charge in [-0.2, -0.15) is 0 Å². The van der Waals surface area contributed by atoms with Crippen molar-refractivity contribution < 1.29 is 19.4 Å². The number of rotatable bonds is 7. The molecular weight excluding hydrogens is 232 g/mol. The van der Waals surface area contributed by atoms with Crippen molar-refractivity contribution in [2.75, 3.05) is 7.11 Å². The lowest BCUT2D eigenvalue weighted by atomic mass is 9.93. The molecule has 1 rings (SSSR count). The molecule has 2 unspecified atom stereocenters. The number of carbonyl (C=O) groups excluding carboxylic acids is 1. The normalized spacial score (nSPS) is 23.4. The van der Waals surface area contributed by atoms with Gasteiger partial charge in [-0.25, -0.2) is 0 Å². The minimum absolute atomic E-state index is 0.0543. The van der Waals surface area contributed by atoms with Crippen LogP contribution in [0.5, 0.6) is 0 Å². The third-order valence-electron chi connectivity index (χ3n) is 3.53. The molecule has 0 spiro atoms. The zero-order chi connectivity index (χ0) is 13.4. The molecule has 4 heteroatoms. The van der Waals surface area contributed by atoms with Gasteiger partial charge in [0.2, 0.25) is 0 Å². The van der Waals surface area contributed by atoms with Crippen molar-refractivity contribution in [1.29, 1.82) is 0 Å². The van der Waals surface area contributed by atoms with E-state index in [0.717, 1.165) is 32.1 Å². The largest absolute Gasteiger partial charge is 0.481 e. The number of carboxylic acid groups (broad SMARTS) is 1. The highest BCUT2D eigenvalue weighted by atomic mass is 16.5. The first kappa shape index (κ1) is 14.7. The average molecular weight is 254 g/mol. The monoisotopic (exact) mass is 254 g/mol. The Hall–Kier alpha value is -1.32. The highest BCUT2D eigenvalue weighted by molar-refractivity contribution is 5.73. The molecule has 0 aromatic rings. The highest BCUT2D eigenvalue weighted by Gasteiger charge is 2.32. The summed E-state index contributed by atoms with van der Waals surface area (Å²) in [6.45, 7) is 0. The van der Waals surface area contributed by atoms with Crippen molar-refractivity contribution in [3.63, 3.8) is 0 Å². The molecule has 1 aliphatic carbocycles. The first-order valence-electron chi connectivity index (χ1n) is 6.59. The highest BCUT2D eigenvalue weighted by Crippen LogP contribution is 2.35. The van der Waals surface area contributed by atoms with Crippen LogP contribution in [-0.2, 0) is 14.3 Å². The number of esters is 1. The number of ether oxygens (including phenoxy) is 1. The lowest BCUT2D eigenvalue weighted by Gasteiger charge is -2.15. The van der Waals surface area contributed by atoms with Gasteiger partial charge in [-0.15, -0.1) is 0 Å². The van der Waals surface area contributed by atoms with Gasteiger partial charge in [0, 0.05) is 6.42 Å². The molecule has 0 heterocycles. The summed E-state index contributed by atoms with van der Waals surface area (Å²) in [6.07, 6.45) is 9.80. The Morgan fingerprint density at radius 2 is 2.11 bits per heavy atom. The zero-order valence-electron chi connectivity index (χ0n) is 10.9. The minimum Gasteiger partial charge on any atom is -0.481 e. The van der Waals surface area contributed by atoms with E-state index in [1.54, 1.807) is 0 Å². The van der Waals surface area contributed by atoms with Crippen molar-refractivity contribution in [2.24, 2.45) is 11.8 Å². The molecule has 1 N–H and O–H groups in total. The van der Waals surface area contributed by atoms with E-state index in [4.69, 9.17) is 9.84 Å². The lowest BCUT2D eigenvalue weighted by Crippen LogP contribution is -2.19. The Kier molecular flexibility index (Phi) is 6.47. The van der Waals surface area contributed by atoms with Crippen molar-refractivity contribution in [3.05, 3.63) is 12.2 Å². The van der Waals surface area contributed by atoms with Crippen LogP contribution in [0.15, 0.2) is 12.2 Å². The number of hydrogen-bond acceptors (Lipinski definition) is 3. The fourth-order valence-electron chi connectivity index (χ4n) is 2.54. The van der Waals surface area contributed by atoms with Gasteiger partial charge in [0.05, 0.1) is 13.0 Å². The summed E-state index contributed by atoms with van der Waals surface area (Å²) < 4.78 is 4.81. The lowest BCUT2D eigenvalue weighted by molar-refractivity contribution is -0.146. The summed E-state index contributed by atoms with van der Waals surface area (Å²) in [7, 11) is 1.44. The van der Waals surface area contributed by atoms with E-state index >= 15 is 0 Å². The van der Waals surface area contributed by atoms with E-state index in [0.29, 0.717) is 12.3 Å². The van der Waals surface area contributed by atoms with Crippen LogP contribution in [0.25, 0.3) is 0 Å². The van der Waals surface area contributed by atoms with E-state index < -0.39 is 5.97 Å². The first-order valence-corrected chi connectivity index (χ1v) is 6.59. The Bertz CT molecular complexity index is 309. The minimum atomic E-state index is -0.745. The van der Waals surface area contributed by atoms with Gasteiger partial charge in [0.25, 0.3) is 0 Å². The van der Waals surface area contributed by atoms with Gasteiger partial charge in [0.15, 0.2) is 0 Å². The summed E-state index contributed by atoms with van der Waals surface area (Å²) in [4.78, 5) is 21.8. The Morgan fingerprint density at radius 3 is 2.78 bits per heavy atom. The Balaban J connectivity index is 2.23. The summed E-state index contributed by atoms with van der Waals surface area (Å²) in [6, 6.07) is 0. The van der Waals surface area contributed by atoms with Crippen LogP contribution in [0.2, 0.25) is 0 Å². The van der Waals surface area contributed by atoms with Crippen molar-refractivity contribution in [2.45, 2.75) is 44.9 Å². The number of allylic oxidation sites excluding steroid dienone is 2. The van der Waals surface area contributed by atoms with Gasteiger partial charge >= 0.3 is 11.9 Å². The number of carboxylic acids is 1. The van der Waals surface area contributed by atoms with Crippen LogP contribution < -0.4 is 0 Å². The molecule has 0 aliphatic heterocycles. The summed E-state index contributed by atoms with van der Waals surface area (Å²) in [5, 5.41) is 8.49. The number of unbranched alkanes of at least 4 members (excludes halogenated alkanes) is 1. The molecule has 2 atom stereocenters. The number of methoxy groups -OCH3 is 1. The van der Waals surface area contributed by atoms with Crippen LogP contribution in [0, 0.1) is 11.8 Å². The predicted octanol–water partition coefficient (Wildman–Crippen LogP) is 2.78. The SMILES string of the molecule is COC(=O)C1CCCC1CC=CCCCC(=O)O. The molecule has 1 aliphatic rings. The predicted molar refractivity (Wildman–Crippen MR) is 68.1 cm³/mol. The van der Waals surface area contributed by atoms with E-state index in [2.05, 4.69) is 6.08 Å². The first-order chi connectivity index (χ1) is 8.65. The van der Waals surface area contributed by atoms with Gasteiger partial charge in [-0.05, 0) is 38.0 Å². The second kappa shape index (κ2) is 7.90. The van der Waals surface area contributed by atoms with E-state index in [-0.39, 0.29) is 18.3 Å². The molecule has 0 amide bonds. The van der Waals surface area contributed by atoms with E-state index in [1.807, 2.05) is 6.08 Å². The average Bonchev–Trinajstić information content (AvgIpc) is 2.80. The molecule has 0 bridgehead atoms. The molecule has 1 saturated carbocycles. The summed E-state index contributed by atoms with van der Waals surface area (Å²) in [5.41, 5.74) is 0. The topological polar surface area (TPSA) is 63.6 Å². The maximum atomic E-state index is 11.5. The van der Waals surface area contributed by atoms with Gasteiger partial charge in [0.1, 0.15) is 0 Å². The second-order valence-corrected chi connectivity index (χ2v) is 4.81. The number of hydrogen-bond donors (Lipinski definition) is 1. The van der Waals surface area contributed by atoms with Crippen molar-refractivity contribution in [3.8, 4) is 0 Å². The summed E-state index contributed by atoms with van der Waals surface area (Å²) >= 11 is 0. The molecule has 18 heavy (non-hydrogen) atoms. The molecule has 0 aromatic heterocycles. The zero-order valence-corrected chi connectivity index (χ0v) is 10.9. The Morgan fingerprint density at radius 1 is 1.33 bits per heavy atom. The number of aliphatic carboxylic acids is 1. The van der Waals surface area contributed by atoms with Gasteiger partial charge < -0.3 is 9.84 Å². The van der Waals surface area contributed by atoms with Crippen LogP contribution in [0.3, 0.4) is 0 Å². The fraction of sp³-hybridized carbons (Fsp3) is 0.714. The van der Waals surface area contributed by atoms with Crippen LogP contribution in [0.4, 0.5) is 0 Å². The molecular formula is C14H22O4. The van der Waals surface area contributed by atoms with Crippen molar-refractivity contribution in [1.82, 2.24) is 0 Å². The fourth-order valence-corrected chi connectivity index (χ4v) is 2.54. The molecule has 0 saturated heterocycles. The maximum Gasteiger partial charge on any atom is 0.308 e. The molecule has 0 aromatic carbocycles. The van der Waals surface area contributed by atoms with Crippen molar-refractivity contribution >= 4 is 11.9 Å². The quantitative estimate of drug-likeness (QED) is 0.431. The second-order valence-electron chi connectivity index (χ2n) is 4.81. The van der Waals surface area contributed by atoms with Gasteiger partial charge in [-0.1, -0.05) is 18.6 Å². The van der Waals surface area contributed by atoms with E-state index in [1.165, 1.54) is 7.11 Å². The van der Waals surface area contributed by atoms with Crippen LogP contribution in [-0.4, -0.2) is 24.2 Å². The van der Waals surface area contributed by atoms with Gasteiger partial charge in [-0.3, -0.25) is 9.59 Å². The third-order valence-corrected chi connectivity index (χ3v) is 3.53. The number of carbonyl (C=O) groups is 2. The van der Waals surface area contributed by atoms with Crippen LogP contribution >= 0.6 is 0 Å². The molecule has 4 nitrogen and oxygen atoms in total. The van der Waals surface area contributed by atoms with E-state index in [9.17, 15) is 9.59 Å².